The van der Waals surface area contributed by atoms with Crippen LogP contribution in [0.15, 0.2) is 0 Å². The largest absolute Gasteiger partial charge is 0.382 e. The molecule has 1 saturated heterocycles. The number of methoxy groups -OCH3 is 2. The van der Waals surface area contributed by atoms with Gasteiger partial charge >= 0.3 is 0 Å². The van der Waals surface area contributed by atoms with Crippen LogP contribution >= 0.6 is 0 Å². The molecule has 1 aliphatic heterocycles. The highest BCUT2D eigenvalue weighted by molar-refractivity contribution is 5.07. The Morgan fingerprint density at radius 1 is 1.46 bits per heavy atom. The van der Waals surface area contributed by atoms with Crippen molar-refractivity contribution in [3.8, 4) is 0 Å². The van der Waals surface area contributed by atoms with E-state index in [2.05, 4.69) is 6.92 Å². The lowest BCUT2D eigenvalue weighted by molar-refractivity contribution is -0.126. The Balaban J connectivity index is 2.17. The van der Waals surface area contributed by atoms with E-state index in [-0.39, 0.29) is 11.7 Å². The zero-order valence-electron chi connectivity index (χ0n) is 8.58. The Morgan fingerprint density at radius 3 is 2.77 bits per heavy atom. The van der Waals surface area contributed by atoms with E-state index in [1.807, 2.05) is 0 Å². The molecule has 3 heteroatoms. The third kappa shape index (κ3) is 1.22. The molecule has 1 unspecified atom stereocenters. The molecule has 2 fully saturated rings. The van der Waals surface area contributed by atoms with Crippen molar-refractivity contribution in [2.45, 2.75) is 37.6 Å². The second-order valence-electron chi connectivity index (χ2n) is 4.18. The molecule has 13 heavy (non-hydrogen) atoms. The van der Waals surface area contributed by atoms with Gasteiger partial charge in [0.1, 0.15) is 5.60 Å². The predicted octanol–water partition coefficient (Wildman–Crippen LogP) is 1.22. The lowest BCUT2D eigenvalue weighted by Crippen LogP contribution is -2.42. The number of ether oxygens (including phenoxy) is 3. The number of rotatable bonds is 3. The molecule has 0 aromatic carbocycles. The van der Waals surface area contributed by atoms with Gasteiger partial charge in [-0.2, -0.15) is 0 Å². The maximum atomic E-state index is 5.94. The van der Waals surface area contributed by atoms with Crippen molar-refractivity contribution in [2.24, 2.45) is 5.92 Å². The van der Waals surface area contributed by atoms with Crippen LogP contribution in [0, 0.1) is 5.92 Å². The van der Waals surface area contributed by atoms with Crippen molar-refractivity contribution in [3.05, 3.63) is 0 Å². The lowest BCUT2D eigenvalue weighted by atomic mass is 9.99. The van der Waals surface area contributed by atoms with Gasteiger partial charge in [0.25, 0.3) is 0 Å². The van der Waals surface area contributed by atoms with Crippen molar-refractivity contribution in [1.82, 2.24) is 0 Å². The summed E-state index contributed by atoms with van der Waals surface area (Å²) in [4.78, 5) is 0. The predicted molar refractivity (Wildman–Crippen MR) is 48.7 cm³/mol. The zero-order chi connectivity index (χ0) is 9.47. The smallest absolute Gasteiger partial charge is 0.118 e. The Labute approximate surface area is 79.4 Å². The zero-order valence-corrected chi connectivity index (χ0v) is 8.58. The highest BCUT2D eigenvalue weighted by Crippen LogP contribution is 2.49. The minimum Gasteiger partial charge on any atom is -0.382 e. The van der Waals surface area contributed by atoms with Gasteiger partial charge in [0.05, 0.1) is 18.8 Å². The topological polar surface area (TPSA) is 27.7 Å². The second-order valence-corrected chi connectivity index (χ2v) is 4.18. The molecular formula is C10H18O3. The summed E-state index contributed by atoms with van der Waals surface area (Å²) in [6.45, 7) is 2.79. The van der Waals surface area contributed by atoms with Crippen molar-refractivity contribution in [1.29, 1.82) is 0 Å². The van der Waals surface area contributed by atoms with Crippen LogP contribution in [-0.2, 0) is 14.2 Å². The molecule has 0 spiro atoms. The average molecular weight is 186 g/mol. The molecule has 0 amide bonds. The molecule has 1 saturated carbocycles. The lowest BCUT2D eigenvalue weighted by Gasteiger charge is -2.30. The van der Waals surface area contributed by atoms with Crippen LogP contribution < -0.4 is 0 Å². The van der Waals surface area contributed by atoms with Gasteiger partial charge in [-0.05, 0) is 19.8 Å². The SMILES string of the molecule is COC[C@@]12CCC([C@H](C)O1)[C@H]2OC. The molecule has 0 aromatic rings. The van der Waals surface area contributed by atoms with Crippen LogP contribution in [-0.4, -0.2) is 38.6 Å². The fourth-order valence-corrected chi connectivity index (χ4v) is 2.98. The summed E-state index contributed by atoms with van der Waals surface area (Å²) in [7, 11) is 3.50. The van der Waals surface area contributed by atoms with Crippen molar-refractivity contribution >= 4 is 0 Å². The Kier molecular flexibility index (Phi) is 2.34. The fourth-order valence-electron chi connectivity index (χ4n) is 2.98. The summed E-state index contributed by atoms with van der Waals surface area (Å²) in [6.07, 6.45) is 2.86. The van der Waals surface area contributed by atoms with Crippen LogP contribution in [0.1, 0.15) is 19.8 Å². The Morgan fingerprint density at radius 2 is 2.23 bits per heavy atom. The first-order valence-corrected chi connectivity index (χ1v) is 4.93. The normalized spacial score (nSPS) is 48.7. The third-order valence-electron chi connectivity index (χ3n) is 3.47. The quantitative estimate of drug-likeness (QED) is 0.663. The Bertz CT molecular complexity index is 195. The van der Waals surface area contributed by atoms with Crippen LogP contribution in [0.5, 0.6) is 0 Å². The minimum absolute atomic E-state index is 0.145. The molecule has 0 N–H and O–H groups in total. The standard InChI is InChI=1S/C10H18O3/c1-7-8-4-5-10(13-7,6-11-2)9(8)12-3/h7-9H,4-6H2,1-3H3/t7-,8?,9+,10+/m0/s1. The van der Waals surface area contributed by atoms with Gasteiger partial charge in [0.15, 0.2) is 0 Å². The summed E-state index contributed by atoms with van der Waals surface area (Å²) in [5.74, 6) is 0.570. The molecule has 0 radical (unpaired) electrons. The van der Waals surface area contributed by atoms with E-state index in [1.165, 1.54) is 6.42 Å². The number of hydrogen-bond donors (Lipinski definition) is 0. The van der Waals surface area contributed by atoms with E-state index >= 15 is 0 Å². The summed E-state index contributed by atoms with van der Waals surface area (Å²) in [6, 6.07) is 0. The van der Waals surface area contributed by atoms with Gasteiger partial charge in [-0.3, -0.25) is 0 Å². The minimum atomic E-state index is -0.145. The Hall–Kier alpha value is -0.120. The van der Waals surface area contributed by atoms with E-state index in [1.54, 1.807) is 14.2 Å². The molecule has 76 valence electrons. The van der Waals surface area contributed by atoms with Gasteiger partial charge in [0.2, 0.25) is 0 Å². The van der Waals surface area contributed by atoms with E-state index in [0.29, 0.717) is 18.6 Å². The maximum absolute atomic E-state index is 5.94. The molecule has 4 atom stereocenters. The average Bonchev–Trinajstić information content (AvgIpc) is 2.55. The molecule has 2 rings (SSSR count). The van der Waals surface area contributed by atoms with Gasteiger partial charge in [-0.25, -0.2) is 0 Å². The second kappa shape index (κ2) is 3.23. The first-order valence-electron chi connectivity index (χ1n) is 4.93. The van der Waals surface area contributed by atoms with Gasteiger partial charge in [0, 0.05) is 20.1 Å². The van der Waals surface area contributed by atoms with E-state index in [9.17, 15) is 0 Å². The van der Waals surface area contributed by atoms with Crippen molar-refractivity contribution in [3.63, 3.8) is 0 Å². The van der Waals surface area contributed by atoms with Crippen molar-refractivity contribution < 1.29 is 14.2 Å². The number of hydrogen-bond acceptors (Lipinski definition) is 3. The summed E-state index contributed by atoms with van der Waals surface area (Å²) in [5, 5.41) is 0. The van der Waals surface area contributed by atoms with Gasteiger partial charge in [-0.1, -0.05) is 0 Å². The summed E-state index contributed by atoms with van der Waals surface area (Å²) in [5.41, 5.74) is -0.145. The van der Waals surface area contributed by atoms with Gasteiger partial charge in [-0.15, -0.1) is 0 Å². The molecular weight excluding hydrogens is 168 g/mol. The molecule has 3 nitrogen and oxygen atoms in total. The van der Waals surface area contributed by atoms with Crippen LogP contribution in [0.2, 0.25) is 0 Å². The van der Waals surface area contributed by atoms with E-state index < -0.39 is 0 Å². The van der Waals surface area contributed by atoms with Crippen LogP contribution in [0.3, 0.4) is 0 Å². The first kappa shape index (κ1) is 9.44. The van der Waals surface area contributed by atoms with Gasteiger partial charge < -0.3 is 14.2 Å². The molecule has 0 aromatic heterocycles. The monoisotopic (exact) mass is 186 g/mol. The highest BCUT2D eigenvalue weighted by atomic mass is 16.6. The van der Waals surface area contributed by atoms with E-state index in [0.717, 1.165) is 6.42 Å². The maximum Gasteiger partial charge on any atom is 0.118 e. The number of fused-ring (bicyclic) bond motifs is 2. The molecule has 2 bridgehead atoms. The molecule has 1 heterocycles. The molecule has 2 aliphatic rings. The highest BCUT2D eigenvalue weighted by Gasteiger charge is 2.58. The first-order chi connectivity index (χ1) is 6.23. The summed E-state index contributed by atoms with van der Waals surface area (Å²) >= 11 is 0. The van der Waals surface area contributed by atoms with E-state index in [4.69, 9.17) is 14.2 Å². The van der Waals surface area contributed by atoms with Crippen LogP contribution in [0.25, 0.3) is 0 Å². The van der Waals surface area contributed by atoms with Crippen molar-refractivity contribution in [2.75, 3.05) is 20.8 Å². The third-order valence-corrected chi connectivity index (χ3v) is 3.47. The molecule has 1 aliphatic carbocycles. The van der Waals surface area contributed by atoms with Crippen LogP contribution in [0.4, 0.5) is 0 Å². The fraction of sp³-hybridized carbons (Fsp3) is 1.00. The summed E-state index contributed by atoms with van der Waals surface area (Å²) < 4.78 is 16.7.